The van der Waals surface area contributed by atoms with Gasteiger partial charge in [-0.1, -0.05) is 93.5 Å². The average Bonchev–Trinajstić information content (AvgIpc) is 3.11. The van der Waals surface area contributed by atoms with E-state index in [2.05, 4.69) is 5.32 Å². The summed E-state index contributed by atoms with van der Waals surface area (Å²) in [5, 5.41) is 61.4. The van der Waals surface area contributed by atoms with Crippen molar-refractivity contribution in [1.82, 2.24) is 5.32 Å². The predicted molar refractivity (Wildman–Crippen MR) is 177 cm³/mol. The predicted octanol–water partition coefficient (Wildman–Crippen LogP) is 1.99. The molecule has 7 N–H and O–H groups in total. The normalized spacial score (nSPS) is 22.2. The Bertz CT molecular complexity index is 1200. The fraction of sp³-hybridized carbons (Fsp3) is 0.611. The van der Waals surface area contributed by atoms with Crippen molar-refractivity contribution in [2.75, 3.05) is 26.4 Å². The third-order valence-corrected chi connectivity index (χ3v) is 8.47. The number of aliphatic hydroxyl groups excluding tert-OH is 6. The topological polar surface area (TPSA) is 195 Å². The van der Waals surface area contributed by atoms with Crippen LogP contribution >= 0.6 is 0 Å². The molecule has 1 heterocycles. The fourth-order valence-corrected chi connectivity index (χ4v) is 5.53. The molecule has 1 amide bonds. The van der Waals surface area contributed by atoms with E-state index in [-0.39, 0.29) is 24.7 Å². The van der Waals surface area contributed by atoms with Gasteiger partial charge in [-0.2, -0.15) is 0 Å². The second-order valence-corrected chi connectivity index (χ2v) is 12.3. The van der Waals surface area contributed by atoms with Gasteiger partial charge < -0.3 is 50.2 Å². The summed E-state index contributed by atoms with van der Waals surface area (Å²) in [4.78, 5) is 25.1. The quantitative estimate of drug-likeness (QED) is 0.0673. The van der Waals surface area contributed by atoms with E-state index in [0.29, 0.717) is 30.8 Å². The third kappa shape index (κ3) is 13.3. The van der Waals surface area contributed by atoms with Crippen molar-refractivity contribution in [1.29, 1.82) is 0 Å². The highest BCUT2D eigenvalue weighted by atomic mass is 16.7. The maximum Gasteiger partial charge on any atom is 0.220 e. The van der Waals surface area contributed by atoms with Crippen LogP contribution in [0.1, 0.15) is 85.7 Å². The summed E-state index contributed by atoms with van der Waals surface area (Å²) in [5.74, 6) is -0.312. The molecule has 1 saturated heterocycles. The summed E-state index contributed by atoms with van der Waals surface area (Å²) in [5.41, 5.74) is 2.32. The second-order valence-electron chi connectivity index (χ2n) is 12.3. The Kier molecular flexibility index (Phi) is 18.2. The van der Waals surface area contributed by atoms with Gasteiger partial charge in [0.05, 0.1) is 38.6 Å². The van der Waals surface area contributed by atoms with Crippen molar-refractivity contribution in [2.24, 2.45) is 0 Å². The average molecular weight is 676 g/mol. The molecule has 2 aromatic carbocycles. The molecule has 7 unspecified atom stereocenters. The molecular formula is C36H53NO11. The first-order valence-electron chi connectivity index (χ1n) is 17.0. The van der Waals surface area contributed by atoms with Crippen LogP contribution in [-0.4, -0.2) is 112 Å². The van der Waals surface area contributed by atoms with Gasteiger partial charge in [0.1, 0.15) is 24.4 Å². The Morgan fingerprint density at radius 1 is 0.792 bits per heavy atom. The van der Waals surface area contributed by atoms with Gasteiger partial charge in [0.15, 0.2) is 12.1 Å². The van der Waals surface area contributed by atoms with Crippen LogP contribution in [0.15, 0.2) is 54.6 Å². The molecule has 48 heavy (non-hydrogen) atoms. The summed E-state index contributed by atoms with van der Waals surface area (Å²) in [6.45, 7) is -0.434. The number of nitrogens with one attached hydrogen (secondary N) is 1. The van der Waals surface area contributed by atoms with Gasteiger partial charge >= 0.3 is 0 Å². The smallest absolute Gasteiger partial charge is 0.220 e. The summed E-state index contributed by atoms with van der Waals surface area (Å²) in [6.07, 6.45) is 0.688. The van der Waals surface area contributed by atoms with E-state index in [0.717, 1.165) is 56.9 Å². The molecule has 0 aromatic heterocycles. The van der Waals surface area contributed by atoms with E-state index in [1.165, 1.54) is 0 Å². The minimum atomic E-state index is -1.61. The van der Waals surface area contributed by atoms with Crippen LogP contribution in [0.5, 0.6) is 0 Å². The van der Waals surface area contributed by atoms with Gasteiger partial charge in [-0.05, 0) is 24.5 Å². The zero-order chi connectivity index (χ0) is 34.7. The number of aliphatic hydroxyl groups is 6. The Morgan fingerprint density at radius 2 is 1.44 bits per heavy atom. The lowest BCUT2D eigenvalue weighted by atomic mass is 9.99. The van der Waals surface area contributed by atoms with Gasteiger partial charge in [0, 0.05) is 24.2 Å². The Hall–Kier alpha value is -2.78. The minimum Gasteiger partial charge on any atom is -0.394 e. The van der Waals surface area contributed by atoms with E-state index >= 15 is 0 Å². The summed E-state index contributed by atoms with van der Waals surface area (Å²) < 4.78 is 16.6. The van der Waals surface area contributed by atoms with Crippen LogP contribution < -0.4 is 5.32 Å². The molecule has 12 nitrogen and oxygen atoms in total. The number of unbranched alkanes of at least 4 members (excludes halogenated alkanes) is 8. The lowest BCUT2D eigenvalue weighted by Gasteiger charge is -2.40. The van der Waals surface area contributed by atoms with Gasteiger partial charge in [0.25, 0.3) is 0 Å². The van der Waals surface area contributed by atoms with E-state index in [1.807, 2.05) is 54.6 Å². The van der Waals surface area contributed by atoms with Gasteiger partial charge in [-0.25, -0.2) is 0 Å². The van der Waals surface area contributed by atoms with Crippen LogP contribution in [0.25, 0.3) is 0 Å². The number of benzene rings is 2. The molecule has 268 valence electrons. The monoisotopic (exact) mass is 675 g/mol. The first-order valence-corrected chi connectivity index (χ1v) is 17.0. The Morgan fingerprint density at radius 3 is 2.10 bits per heavy atom. The van der Waals surface area contributed by atoms with E-state index < -0.39 is 56.1 Å². The molecule has 12 heteroatoms. The molecule has 1 fully saturated rings. The van der Waals surface area contributed by atoms with E-state index in [4.69, 9.17) is 14.2 Å². The van der Waals surface area contributed by atoms with Crippen molar-refractivity contribution < 1.29 is 54.4 Å². The lowest BCUT2D eigenvalue weighted by Crippen LogP contribution is -2.60. The molecule has 0 bridgehead atoms. The van der Waals surface area contributed by atoms with Crippen LogP contribution in [0.3, 0.4) is 0 Å². The number of hydrogen-bond acceptors (Lipinski definition) is 11. The van der Waals surface area contributed by atoms with Crippen molar-refractivity contribution in [2.45, 2.75) is 114 Å². The zero-order valence-electron chi connectivity index (χ0n) is 27.6. The summed E-state index contributed by atoms with van der Waals surface area (Å²) in [7, 11) is 0. The summed E-state index contributed by atoms with van der Waals surface area (Å²) in [6, 6.07) is 15.8. The molecule has 3 rings (SSSR count). The van der Waals surface area contributed by atoms with E-state index in [1.54, 1.807) is 0 Å². The highest BCUT2D eigenvalue weighted by Crippen LogP contribution is 2.22. The van der Waals surface area contributed by atoms with Gasteiger partial charge in [-0.3, -0.25) is 9.59 Å². The summed E-state index contributed by atoms with van der Waals surface area (Å²) >= 11 is 0. The number of hydrogen-bond donors (Lipinski definition) is 7. The lowest BCUT2D eigenvalue weighted by molar-refractivity contribution is -0.302. The maximum atomic E-state index is 12.7. The van der Waals surface area contributed by atoms with Gasteiger partial charge in [-0.15, -0.1) is 0 Å². The molecule has 1 aliphatic rings. The van der Waals surface area contributed by atoms with Crippen LogP contribution in [-0.2, 0) is 25.6 Å². The number of amides is 1. The van der Waals surface area contributed by atoms with E-state index in [9.17, 15) is 40.2 Å². The van der Waals surface area contributed by atoms with Crippen molar-refractivity contribution >= 4 is 11.7 Å². The van der Waals surface area contributed by atoms with Crippen LogP contribution in [0, 0.1) is 0 Å². The third-order valence-electron chi connectivity index (χ3n) is 8.47. The molecule has 0 spiro atoms. The first kappa shape index (κ1) is 39.7. The fourth-order valence-electron chi connectivity index (χ4n) is 5.53. The largest absolute Gasteiger partial charge is 0.394 e. The number of carbonyl (C=O) groups is 2. The highest BCUT2D eigenvalue weighted by Gasteiger charge is 2.44. The van der Waals surface area contributed by atoms with Gasteiger partial charge in [0.2, 0.25) is 5.91 Å². The molecular weight excluding hydrogens is 622 g/mol. The first-order chi connectivity index (χ1) is 23.2. The van der Waals surface area contributed by atoms with Crippen molar-refractivity contribution in [3.05, 3.63) is 71.3 Å². The number of ketones is 1. The Labute approximate surface area is 282 Å². The molecule has 7 atom stereocenters. The second kappa shape index (κ2) is 22.0. The Balaban J connectivity index is 1.19. The van der Waals surface area contributed by atoms with Crippen LogP contribution in [0.4, 0.5) is 0 Å². The molecule has 1 aliphatic heterocycles. The van der Waals surface area contributed by atoms with Crippen molar-refractivity contribution in [3.63, 3.8) is 0 Å². The molecule has 0 aliphatic carbocycles. The SMILES string of the molecule is O=C(CCCCCCCCCCCOCc1cccc(C(=O)c2ccccc2)c1)NC(COC1OC(CO)C(O)C(O)C1O)C(O)CO. The minimum absolute atomic E-state index is 0.00673. The van der Waals surface area contributed by atoms with Crippen molar-refractivity contribution in [3.8, 4) is 0 Å². The zero-order valence-corrected chi connectivity index (χ0v) is 27.6. The standard InChI is InChI=1S/C36H53NO11/c38-21-29(40)28(24-47-36-35(45)34(44)33(43)30(22-39)48-36)37-31(41)18-11-6-4-2-1-3-5-7-12-19-46-23-25-14-13-17-27(20-25)32(42)26-15-9-8-10-16-26/h8-10,13-17,20,28-30,33-36,38-40,43-45H,1-7,11-12,18-19,21-24H2,(H,37,41). The number of rotatable bonds is 23. The molecule has 0 radical (unpaired) electrons. The highest BCUT2D eigenvalue weighted by molar-refractivity contribution is 6.09. The number of ether oxygens (including phenoxy) is 3. The number of carbonyl (C=O) groups excluding carboxylic acids is 2. The van der Waals surface area contributed by atoms with Crippen LogP contribution in [0.2, 0.25) is 0 Å². The molecule has 0 saturated carbocycles. The molecule has 2 aromatic rings. The maximum absolute atomic E-state index is 12.7.